The third-order valence-corrected chi connectivity index (χ3v) is 4.46. The molecule has 4 aromatic rings. The number of carbonyl (C=O) groups excluding carboxylic acids is 1. The van der Waals surface area contributed by atoms with E-state index in [1.165, 1.54) is 35.3 Å². The van der Waals surface area contributed by atoms with Gasteiger partial charge in [0.25, 0.3) is 18.8 Å². The second kappa shape index (κ2) is 9.22. The average molecular weight is 466 g/mol. The molecule has 0 bridgehead atoms. The molecule has 0 aliphatic heterocycles. The van der Waals surface area contributed by atoms with Crippen molar-refractivity contribution in [2.24, 2.45) is 0 Å². The minimum Gasteiger partial charge on any atom is -0.454 e. The van der Waals surface area contributed by atoms with Crippen LogP contribution in [0.15, 0.2) is 53.2 Å². The minimum absolute atomic E-state index is 0.0389. The molecule has 0 saturated carbocycles. The van der Waals surface area contributed by atoms with Crippen molar-refractivity contribution in [3.63, 3.8) is 0 Å². The molecule has 4 rings (SSSR count). The number of nitrogens with one attached hydrogen (secondary N) is 1. The van der Waals surface area contributed by atoms with Gasteiger partial charge in [-0.1, -0.05) is 12.1 Å². The third kappa shape index (κ3) is 5.25. The number of benzene rings is 1. The molecule has 0 aliphatic carbocycles. The fourth-order valence-corrected chi connectivity index (χ4v) is 3.01. The van der Waals surface area contributed by atoms with Crippen LogP contribution in [0.2, 0.25) is 0 Å². The van der Waals surface area contributed by atoms with Gasteiger partial charge in [-0.2, -0.15) is 5.10 Å². The predicted molar refractivity (Wildman–Crippen MR) is 103 cm³/mol. The van der Waals surface area contributed by atoms with Crippen molar-refractivity contribution in [2.75, 3.05) is 5.32 Å². The van der Waals surface area contributed by atoms with Gasteiger partial charge in [0.15, 0.2) is 5.76 Å². The highest BCUT2D eigenvalue weighted by molar-refractivity contribution is 6.01. The van der Waals surface area contributed by atoms with E-state index < -0.39 is 36.0 Å². The molecule has 3 aromatic heterocycles. The first-order valence-corrected chi connectivity index (χ1v) is 9.46. The van der Waals surface area contributed by atoms with Crippen molar-refractivity contribution in [1.82, 2.24) is 24.5 Å². The molecule has 1 N–H and O–H groups in total. The van der Waals surface area contributed by atoms with Gasteiger partial charge in [0, 0.05) is 0 Å². The highest BCUT2D eigenvalue weighted by atomic mass is 19.3. The Morgan fingerprint density at radius 1 is 1.03 bits per heavy atom. The van der Waals surface area contributed by atoms with Crippen LogP contribution >= 0.6 is 0 Å². The summed E-state index contributed by atoms with van der Waals surface area (Å²) in [6, 6.07) is 9.16. The van der Waals surface area contributed by atoms with Gasteiger partial charge in [0.1, 0.15) is 29.3 Å². The van der Waals surface area contributed by atoms with Crippen LogP contribution in [0.3, 0.4) is 0 Å². The molecule has 3 heterocycles. The summed E-state index contributed by atoms with van der Waals surface area (Å²) in [7, 11) is 0. The number of hydrogen-bond acceptors (Lipinski definition) is 5. The summed E-state index contributed by atoms with van der Waals surface area (Å²) in [4.78, 5) is 16.3. The number of halogens is 5. The molecule has 33 heavy (non-hydrogen) atoms. The van der Waals surface area contributed by atoms with E-state index in [1.54, 1.807) is 12.1 Å². The molecule has 0 atom stereocenters. The van der Waals surface area contributed by atoms with Gasteiger partial charge in [-0.15, -0.1) is 5.10 Å². The van der Waals surface area contributed by atoms with Gasteiger partial charge in [-0.25, -0.2) is 31.6 Å². The van der Waals surface area contributed by atoms with Crippen LogP contribution in [0.5, 0.6) is 0 Å². The number of anilines is 1. The third-order valence-electron chi connectivity index (χ3n) is 4.46. The summed E-state index contributed by atoms with van der Waals surface area (Å²) in [5, 5.41) is 9.95. The van der Waals surface area contributed by atoms with E-state index >= 15 is 0 Å². The second-order valence-corrected chi connectivity index (χ2v) is 6.87. The van der Waals surface area contributed by atoms with E-state index in [0.717, 1.165) is 0 Å². The fraction of sp³-hybridized carbons (Fsp3) is 0.200. The number of alkyl halides is 4. The van der Waals surface area contributed by atoms with E-state index in [4.69, 9.17) is 4.42 Å². The number of furan rings is 1. The molecule has 0 aliphatic rings. The Hall–Kier alpha value is -4.03. The molecule has 8 nitrogen and oxygen atoms in total. The lowest BCUT2D eigenvalue weighted by Crippen LogP contribution is -2.13. The van der Waals surface area contributed by atoms with E-state index in [-0.39, 0.29) is 30.6 Å². The van der Waals surface area contributed by atoms with Crippen molar-refractivity contribution in [3.8, 4) is 0 Å². The van der Waals surface area contributed by atoms with Crippen molar-refractivity contribution in [3.05, 3.63) is 83.1 Å². The van der Waals surface area contributed by atoms with Gasteiger partial charge >= 0.3 is 0 Å². The topological polar surface area (TPSA) is 90.8 Å². The zero-order valence-corrected chi connectivity index (χ0v) is 16.6. The highest BCUT2D eigenvalue weighted by Gasteiger charge is 2.22. The normalized spacial score (nSPS) is 11.5. The Balaban J connectivity index is 1.41. The predicted octanol–water partition coefficient (Wildman–Crippen LogP) is 4.43. The summed E-state index contributed by atoms with van der Waals surface area (Å²) < 4.78 is 72.5. The lowest BCUT2D eigenvalue weighted by atomic mass is 10.2. The zero-order valence-electron chi connectivity index (χ0n) is 16.6. The maximum atomic E-state index is 13.3. The van der Waals surface area contributed by atoms with Gasteiger partial charge in [-0.3, -0.25) is 14.8 Å². The summed E-state index contributed by atoms with van der Waals surface area (Å²) in [6.07, 6.45) is -4.68. The Morgan fingerprint density at radius 2 is 1.85 bits per heavy atom. The van der Waals surface area contributed by atoms with Gasteiger partial charge in [0.05, 0.1) is 13.1 Å². The number of hydrogen-bond donors (Lipinski definition) is 1. The first-order chi connectivity index (χ1) is 15.8. The molecule has 0 fully saturated rings. The molecular formula is C20H15F5N6O2. The van der Waals surface area contributed by atoms with Gasteiger partial charge < -0.3 is 4.42 Å². The Labute approximate surface area is 182 Å². The van der Waals surface area contributed by atoms with Crippen molar-refractivity contribution >= 4 is 11.9 Å². The lowest BCUT2D eigenvalue weighted by molar-refractivity contribution is 0.0993. The number of carbonyl (C=O) groups is 1. The van der Waals surface area contributed by atoms with Crippen LogP contribution in [0.4, 0.5) is 27.9 Å². The minimum atomic E-state index is -3.02. The number of amides is 1. The fourth-order valence-electron chi connectivity index (χ4n) is 3.01. The van der Waals surface area contributed by atoms with Crippen LogP contribution in [-0.2, 0) is 13.1 Å². The second-order valence-electron chi connectivity index (χ2n) is 6.87. The molecule has 0 saturated heterocycles. The first kappa shape index (κ1) is 22.2. The number of rotatable bonds is 8. The largest absolute Gasteiger partial charge is 0.454 e. The van der Waals surface area contributed by atoms with Crippen LogP contribution in [0.25, 0.3) is 0 Å². The summed E-state index contributed by atoms with van der Waals surface area (Å²) in [5.41, 5.74) is -0.833. The Bertz CT molecular complexity index is 1270. The summed E-state index contributed by atoms with van der Waals surface area (Å²) >= 11 is 0. The number of aromatic nitrogens is 5. The number of nitrogens with zero attached hydrogens (tertiary/aromatic N) is 5. The summed E-state index contributed by atoms with van der Waals surface area (Å²) in [6.45, 7) is -0.150. The molecule has 0 spiro atoms. The SMILES string of the molecule is O=C(Nc1ncn(Cc2cccc(F)c2)n1)c1ccc(Cn2nc(C(F)F)cc2C(F)F)o1. The zero-order chi connectivity index (χ0) is 23.5. The van der Waals surface area contributed by atoms with Crippen LogP contribution in [-0.4, -0.2) is 30.5 Å². The van der Waals surface area contributed by atoms with E-state index in [2.05, 4.69) is 20.5 Å². The van der Waals surface area contributed by atoms with Crippen LogP contribution in [0.1, 0.15) is 46.1 Å². The van der Waals surface area contributed by atoms with Crippen molar-refractivity contribution < 1.29 is 31.2 Å². The smallest absolute Gasteiger partial charge is 0.293 e. The molecule has 172 valence electrons. The molecular weight excluding hydrogens is 451 g/mol. The standard InChI is InChI=1S/C20H15F5N6O2/c21-12-3-1-2-11(6-12)8-30-10-26-20(29-30)27-19(32)16-5-4-13(33-16)9-31-15(18(24)25)7-14(28-31)17(22)23/h1-7,10,17-18H,8-9H2,(H,27,29,32). The van der Waals surface area contributed by atoms with Crippen molar-refractivity contribution in [1.29, 1.82) is 0 Å². The van der Waals surface area contributed by atoms with E-state index in [9.17, 15) is 26.7 Å². The van der Waals surface area contributed by atoms with Gasteiger partial charge in [-0.05, 0) is 35.9 Å². The molecule has 1 amide bonds. The Morgan fingerprint density at radius 3 is 2.58 bits per heavy atom. The van der Waals surface area contributed by atoms with Crippen LogP contribution in [0, 0.1) is 5.82 Å². The van der Waals surface area contributed by atoms with E-state index in [1.807, 2.05) is 0 Å². The molecule has 0 radical (unpaired) electrons. The molecule has 0 unspecified atom stereocenters. The molecule has 13 heteroatoms. The van der Waals surface area contributed by atoms with Gasteiger partial charge in [0.2, 0.25) is 5.95 Å². The summed E-state index contributed by atoms with van der Waals surface area (Å²) in [5.74, 6) is -1.27. The van der Waals surface area contributed by atoms with Crippen LogP contribution < -0.4 is 5.32 Å². The van der Waals surface area contributed by atoms with E-state index in [0.29, 0.717) is 16.3 Å². The quantitative estimate of drug-likeness (QED) is 0.388. The van der Waals surface area contributed by atoms with Crippen molar-refractivity contribution in [2.45, 2.75) is 25.9 Å². The highest BCUT2D eigenvalue weighted by Crippen LogP contribution is 2.26. The monoisotopic (exact) mass is 466 g/mol. The maximum absolute atomic E-state index is 13.3. The average Bonchev–Trinajstić information content (AvgIpc) is 3.48. The Kier molecular flexibility index (Phi) is 6.20. The first-order valence-electron chi connectivity index (χ1n) is 9.46. The molecule has 1 aromatic carbocycles. The maximum Gasteiger partial charge on any atom is 0.293 e. The lowest BCUT2D eigenvalue weighted by Gasteiger charge is -2.04.